The van der Waals surface area contributed by atoms with E-state index in [-0.39, 0.29) is 5.41 Å². The summed E-state index contributed by atoms with van der Waals surface area (Å²) in [6, 6.07) is 16.1. The zero-order valence-corrected chi connectivity index (χ0v) is 13.0. The summed E-state index contributed by atoms with van der Waals surface area (Å²) >= 11 is 0. The zero-order valence-electron chi connectivity index (χ0n) is 13.0. The van der Waals surface area contributed by atoms with Crippen molar-refractivity contribution in [2.75, 3.05) is 0 Å². The quantitative estimate of drug-likeness (QED) is 0.647. The molecule has 0 saturated heterocycles. The summed E-state index contributed by atoms with van der Waals surface area (Å²) in [5, 5.41) is 0. The van der Waals surface area contributed by atoms with Gasteiger partial charge in [-0.05, 0) is 46.6 Å². The second-order valence-corrected chi connectivity index (χ2v) is 6.29. The zero-order chi connectivity index (χ0) is 14.3. The van der Waals surface area contributed by atoms with Crippen LogP contribution in [0.5, 0.6) is 0 Å². The van der Waals surface area contributed by atoms with Gasteiger partial charge in [0.15, 0.2) is 0 Å². The van der Waals surface area contributed by atoms with Crippen LogP contribution in [-0.2, 0) is 5.41 Å². The Morgan fingerprint density at radius 3 is 2.15 bits per heavy atom. The summed E-state index contributed by atoms with van der Waals surface area (Å²) in [6.07, 6.45) is 2.35. The van der Waals surface area contributed by atoms with E-state index in [1.807, 2.05) is 0 Å². The van der Waals surface area contributed by atoms with Gasteiger partial charge < -0.3 is 0 Å². The summed E-state index contributed by atoms with van der Waals surface area (Å²) < 4.78 is 0. The molecule has 104 valence electrons. The fraction of sp³-hybridized carbons (Fsp3) is 0.400. The maximum Gasteiger partial charge on any atom is 0.0210 e. The molecule has 3 rings (SSSR count). The summed E-state index contributed by atoms with van der Waals surface area (Å²) in [7, 11) is 0. The van der Waals surface area contributed by atoms with Gasteiger partial charge in [-0.25, -0.2) is 0 Å². The highest BCUT2D eigenvalue weighted by molar-refractivity contribution is 5.81. The molecule has 1 aliphatic carbocycles. The van der Waals surface area contributed by atoms with Crippen LogP contribution in [0, 0.1) is 0 Å². The van der Waals surface area contributed by atoms with Gasteiger partial charge in [0.05, 0.1) is 0 Å². The van der Waals surface area contributed by atoms with Crippen molar-refractivity contribution < 1.29 is 0 Å². The van der Waals surface area contributed by atoms with Crippen molar-refractivity contribution in [1.82, 2.24) is 0 Å². The highest BCUT2D eigenvalue weighted by Gasteiger charge is 2.40. The molecule has 0 nitrogen and oxygen atoms in total. The SMILES string of the molecule is CCC1(CC)c2ccccc2-c2cc(C(C)C)ccc21. The molecule has 20 heavy (non-hydrogen) atoms. The van der Waals surface area contributed by atoms with Crippen molar-refractivity contribution in [3.05, 3.63) is 59.2 Å². The minimum atomic E-state index is 0.224. The first-order chi connectivity index (χ1) is 9.64. The van der Waals surface area contributed by atoms with E-state index >= 15 is 0 Å². The fourth-order valence-electron chi connectivity index (χ4n) is 3.85. The number of rotatable bonds is 3. The van der Waals surface area contributed by atoms with Gasteiger partial charge >= 0.3 is 0 Å². The number of hydrogen-bond acceptors (Lipinski definition) is 0. The molecule has 0 amide bonds. The third-order valence-corrected chi connectivity index (χ3v) is 5.17. The molecule has 0 spiro atoms. The van der Waals surface area contributed by atoms with Crippen LogP contribution in [0.4, 0.5) is 0 Å². The van der Waals surface area contributed by atoms with Gasteiger partial charge in [0.25, 0.3) is 0 Å². The van der Waals surface area contributed by atoms with Crippen LogP contribution < -0.4 is 0 Å². The van der Waals surface area contributed by atoms with E-state index in [1.165, 1.54) is 40.7 Å². The van der Waals surface area contributed by atoms with Gasteiger partial charge in [-0.2, -0.15) is 0 Å². The second kappa shape index (κ2) is 4.77. The maximum absolute atomic E-state index is 2.42. The Morgan fingerprint density at radius 1 is 0.850 bits per heavy atom. The van der Waals surface area contributed by atoms with Crippen LogP contribution in [0.2, 0.25) is 0 Å². The van der Waals surface area contributed by atoms with Crippen LogP contribution in [0.15, 0.2) is 42.5 Å². The third kappa shape index (κ3) is 1.67. The molecule has 0 unspecified atom stereocenters. The summed E-state index contributed by atoms with van der Waals surface area (Å²) in [5.74, 6) is 0.589. The van der Waals surface area contributed by atoms with E-state index in [0.29, 0.717) is 5.92 Å². The van der Waals surface area contributed by atoms with Gasteiger partial charge in [-0.1, -0.05) is 70.2 Å². The molecule has 0 aliphatic heterocycles. The van der Waals surface area contributed by atoms with Gasteiger partial charge in [0.2, 0.25) is 0 Å². The molecule has 0 radical (unpaired) electrons. The van der Waals surface area contributed by atoms with Crippen molar-refractivity contribution in [3.63, 3.8) is 0 Å². The molecule has 0 aromatic heterocycles. The minimum absolute atomic E-state index is 0.224. The predicted molar refractivity (Wildman–Crippen MR) is 87.3 cm³/mol. The molecule has 0 fully saturated rings. The Bertz CT molecular complexity index is 630. The third-order valence-electron chi connectivity index (χ3n) is 5.17. The smallest absolute Gasteiger partial charge is 0.0210 e. The van der Waals surface area contributed by atoms with Crippen molar-refractivity contribution in [2.24, 2.45) is 0 Å². The minimum Gasteiger partial charge on any atom is -0.0642 e. The average molecular weight is 264 g/mol. The predicted octanol–water partition coefficient (Wildman–Crippen LogP) is 5.90. The molecule has 0 atom stereocenters. The lowest BCUT2D eigenvalue weighted by Crippen LogP contribution is -2.22. The fourth-order valence-corrected chi connectivity index (χ4v) is 3.85. The Kier molecular flexibility index (Phi) is 3.20. The van der Waals surface area contributed by atoms with Crippen molar-refractivity contribution >= 4 is 0 Å². The lowest BCUT2D eigenvalue weighted by Gasteiger charge is -2.29. The first kappa shape index (κ1) is 13.4. The lowest BCUT2D eigenvalue weighted by molar-refractivity contribution is 0.490. The summed E-state index contributed by atoms with van der Waals surface area (Å²) in [5.41, 5.74) is 7.65. The monoisotopic (exact) mass is 264 g/mol. The van der Waals surface area contributed by atoms with Crippen LogP contribution in [0.25, 0.3) is 11.1 Å². The highest BCUT2D eigenvalue weighted by atomic mass is 14.4. The highest BCUT2D eigenvalue weighted by Crippen LogP contribution is 2.52. The molecule has 2 aromatic rings. The van der Waals surface area contributed by atoms with Gasteiger partial charge in [-0.3, -0.25) is 0 Å². The normalized spacial score (nSPS) is 15.2. The van der Waals surface area contributed by atoms with Gasteiger partial charge in [0, 0.05) is 5.41 Å². The van der Waals surface area contributed by atoms with Crippen molar-refractivity contribution in [1.29, 1.82) is 0 Å². The molecule has 0 bridgehead atoms. The lowest BCUT2D eigenvalue weighted by atomic mass is 9.74. The van der Waals surface area contributed by atoms with E-state index in [1.54, 1.807) is 0 Å². The van der Waals surface area contributed by atoms with Crippen LogP contribution >= 0.6 is 0 Å². The van der Waals surface area contributed by atoms with Crippen molar-refractivity contribution in [3.8, 4) is 11.1 Å². The Morgan fingerprint density at radius 2 is 1.50 bits per heavy atom. The molecule has 0 heteroatoms. The van der Waals surface area contributed by atoms with Gasteiger partial charge in [0.1, 0.15) is 0 Å². The molecule has 0 N–H and O–H groups in total. The molecule has 0 saturated carbocycles. The average Bonchev–Trinajstić information content (AvgIpc) is 2.77. The topological polar surface area (TPSA) is 0 Å². The first-order valence-corrected chi connectivity index (χ1v) is 7.88. The van der Waals surface area contributed by atoms with Crippen molar-refractivity contribution in [2.45, 2.75) is 51.9 Å². The van der Waals surface area contributed by atoms with Crippen LogP contribution in [0.3, 0.4) is 0 Å². The van der Waals surface area contributed by atoms with E-state index in [4.69, 9.17) is 0 Å². The summed E-state index contributed by atoms with van der Waals surface area (Å²) in [6.45, 7) is 9.20. The van der Waals surface area contributed by atoms with E-state index < -0.39 is 0 Å². The molecule has 0 heterocycles. The number of fused-ring (bicyclic) bond motifs is 3. The largest absolute Gasteiger partial charge is 0.0642 e. The first-order valence-electron chi connectivity index (χ1n) is 7.88. The van der Waals surface area contributed by atoms with Gasteiger partial charge in [-0.15, -0.1) is 0 Å². The Hall–Kier alpha value is -1.56. The maximum atomic E-state index is 2.42. The summed E-state index contributed by atoms with van der Waals surface area (Å²) in [4.78, 5) is 0. The number of hydrogen-bond donors (Lipinski definition) is 0. The molecular formula is C20H24. The van der Waals surface area contributed by atoms with E-state index in [0.717, 1.165) is 0 Å². The Balaban J connectivity index is 2.31. The molecule has 2 aromatic carbocycles. The standard InChI is InChI=1S/C20H24/c1-5-20(6-2)18-10-8-7-9-16(18)17-13-15(14(3)4)11-12-19(17)20/h7-14H,5-6H2,1-4H3. The molecular weight excluding hydrogens is 240 g/mol. The number of benzene rings is 2. The van der Waals surface area contributed by atoms with Crippen LogP contribution in [0.1, 0.15) is 63.1 Å². The molecule has 1 aliphatic rings. The van der Waals surface area contributed by atoms with Crippen LogP contribution in [-0.4, -0.2) is 0 Å². The van der Waals surface area contributed by atoms with E-state index in [2.05, 4.69) is 70.2 Å². The Labute approximate surface area is 122 Å². The second-order valence-electron chi connectivity index (χ2n) is 6.29. The van der Waals surface area contributed by atoms with E-state index in [9.17, 15) is 0 Å².